The summed E-state index contributed by atoms with van der Waals surface area (Å²) in [6, 6.07) is 4.72. The zero-order valence-electron chi connectivity index (χ0n) is 19.7. The molecule has 0 saturated carbocycles. The van der Waals surface area contributed by atoms with Crippen LogP contribution in [0.15, 0.2) is 36.8 Å². The Morgan fingerprint density at radius 3 is 2.06 bits per heavy atom. The predicted octanol–water partition coefficient (Wildman–Crippen LogP) is 5.22. The minimum Gasteiger partial charge on any atom is -0.482 e. The number of nitrogens with zero attached hydrogens (tertiary/aromatic N) is 4. The summed E-state index contributed by atoms with van der Waals surface area (Å²) in [6.07, 6.45) is 2.29. The van der Waals surface area contributed by atoms with E-state index < -0.39 is 35.0 Å². The van der Waals surface area contributed by atoms with Crippen molar-refractivity contribution >= 4 is 23.7 Å². The summed E-state index contributed by atoms with van der Waals surface area (Å²) >= 11 is 0. The van der Waals surface area contributed by atoms with Crippen molar-refractivity contribution in [3.8, 4) is 17.0 Å². The Labute approximate surface area is 191 Å². The number of carbonyl (C=O) groups excluding carboxylic acids is 2. The zero-order valence-corrected chi connectivity index (χ0v) is 19.7. The van der Waals surface area contributed by atoms with Crippen molar-refractivity contribution in [1.82, 2.24) is 14.4 Å². The largest absolute Gasteiger partial charge is 0.482 e. The van der Waals surface area contributed by atoms with E-state index in [4.69, 9.17) is 14.2 Å². The van der Waals surface area contributed by atoms with E-state index in [2.05, 4.69) is 9.97 Å². The molecule has 9 nitrogen and oxygen atoms in total. The summed E-state index contributed by atoms with van der Waals surface area (Å²) in [6.45, 7) is 9.78. The van der Waals surface area contributed by atoms with Gasteiger partial charge < -0.3 is 14.2 Å². The van der Waals surface area contributed by atoms with E-state index in [0.717, 1.165) is 0 Å². The first-order valence-corrected chi connectivity index (χ1v) is 10.2. The van der Waals surface area contributed by atoms with Gasteiger partial charge in [-0.1, -0.05) is 0 Å². The average molecular weight is 458 g/mol. The smallest absolute Gasteiger partial charge is 0.425 e. The minimum atomic E-state index is -1.11. The Hall–Kier alpha value is -3.69. The maximum absolute atomic E-state index is 15.8. The molecule has 0 N–H and O–H groups in total. The highest BCUT2D eigenvalue weighted by Gasteiger charge is 2.36. The van der Waals surface area contributed by atoms with Gasteiger partial charge in [0.1, 0.15) is 16.8 Å². The van der Waals surface area contributed by atoms with Gasteiger partial charge in [0.25, 0.3) is 0 Å². The number of hydrogen-bond donors (Lipinski definition) is 0. The maximum atomic E-state index is 15.8. The van der Waals surface area contributed by atoms with Gasteiger partial charge in [-0.15, -0.1) is 0 Å². The molecule has 0 saturated heterocycles. The number of rotatable bonds is 3. The fraction of sp³-hybridized carbons (Fsp3) is 0.391. The first-order valence-electron chi connectivity index (χ1n) is 10.2. The monoisotopic (exact) mass is 458 g/mol. The lowest BCUT2D eigenvalue weighted by molar-refractivity contribution is 0.0427. The third kappa shape index (κ3) is 5.21. The number of aromatic nitrogens is 3. The van der Waals surface area contributed by atoms with Crippen LogP contribution in [0, 0.1) is 5.82 Å². The molecule has 0 fully saturated rings. The summed E-state index contributed by atoms with van der Waals surface area (Å²) in [5, 5.41) is 0. The molecular formula is C23H27FN4O5. The van der Waals surface area contributed by atoms with E-state index >= 15 is 4.39 Å². The Bertz CT molecular complexity index is 1170. The van der Waals surface area contributed by atoms with Crippen LogP contribution in [0.25, 0.3) is 16.8 Å². The molecule has 0 aromatic carbocycles. The molecule has 0 aliphatic carbocycles. The number of imide groups is 1. The minimum absolute atomic E-state index is 0.0796. The van der Waals surface area contributed by atoms with E-state index in [0.29, 0.717) is 22.0 Å². The zero-order chi connectivity index (χ0) is 24.6. The van der Waals surface area contributed by atoms with E-state index in [-0.39, 0.29) is 5.56 Å². The van der Waals surface area contributed by atoms with Crippen molar-refractivity contribution in [2.75, 3.05) is 12.0 Å². The predicted molar refractivity (Wildman–Crippen MR) is 120 cm³/mol. The lowest BCUT2D eigenvalue weighted by Gasteiger charge is -2.28. The normalized spacial score (nSPS) is 11.9. The molecule has 3 aromatic rings. The van der Waals surface area contributed by atoms with Gasteiger partial charge in [0, 0.05) is 29.7 Å². The van der Waals surface area contributed by atoms with Gasteiger partial charge >= 0.3 is 12.2 Å². The van der Waals surface area contributed by atoms with E-state index in [1.165, 1.54) is 19.4 Å². The molecule has 2 amide bonds. The lowest BCUT2D eigenvalue weighted by atomic mass is 10.1. The Balaban J connectivity index is 2.16. The highest BCUT2D eigenvalue weighted by atomic mass is 19.1. The second-order valence-electron chi connectivity index (χ2n) is 9.20. The number of carbonyl (C=O) groups is 2. The molecule has 10 heteroatoms. The van der Waals surface area contributed by atoms with Crippen LogP contribution < -0.4 is 9.64 Å². The number of halogens is 1. The third-order valence-electron chi connectivity index (χ3n) is 4.25. The third-order valence-corrected chi connectivity index (χ3v) is 4.25. The van der Waals surface area contributed by atoms with E-state index in [1.807, 2.05) is 0 Å². The molecule has 176 valence electrons. The van der Waals surface area contributed by atoms with Crippen LogP contribution in [0.4, 0.5) is 19.8 Å². The van der Waals surface area contributed by atoms with Gasteiger partial charge in [-0.2, -0.15) is 4.90 Å². The van der Waals surface area contributed by atoms with Crippen molar-refractivity contribution in [1.29, 1.82) is 0 Å². The molecule has 0 aliphatic heterocycles. The number of imidazole rings is 1. The van der Waals surface area contributed by atoms with E-state index in [9.17, 15) is 9.59 Å². The van der Waals surface area contributed by atoms with Crippen molar-refractivity contribution in [3.63, 3.8) is 0 Å². The molecule has 0 bridgehead atoms. The second-order valence-corrected chi connectivity index (χ2v) is 9.20. The highest BCUT2D eigenvalue weighted by Crippen LogP contribution is 2.33. The molecule has 0 unspecified atom stereocenters. The fourth-order valence-corrected chi connectivity index (χ4v) is 3.03. The average Bonchev–Trinajstić information content (AvgIpc) is 3.16. The van der Waals surface area contributed by atoms with Crippen LogP contribution in [0.1, 0.15) is 41.5 Å². The first kappa shape index (κ1) is 24.0. The number of amides is 2. The van der Waals surface area contributed by atoms with Gasteiger partial charge in [0.05, 0.1) is 7.11 Å². The van der Waals surface area contributed by atoms with Crippen LogP contribution in [0.5, 0.6) is 5.88 Å². The number of fused-ring (bicyclic) bond motifs is 1. The lowest BCUT2D eigenvalue weighted by Crippen LogP contribution is -2.44. The van der Waals surface area contributed by atoms with Crippen LogP contribution in [0.3, 0.4) is 0 Å². The number of hydrogen-bond acceptors (Lipinski definition) is 7. The van der Waals surface area contributed by atoms with Crippen molar-refractivity contribution in [3.05, 3.63) is 42.6 Å². The molecule has 3 heterocycles. The Morgan fingerprint density at radius 1 is 0.909 bits per heavy atom. The Morgan fingerprint density at radius 2 is 1.52 bits per heavy atom. The summed E-state index contributed by atoms with van der Waals surface area (Å²) < 4.78 is 33.4. The fourth-order valence-electron chi connectivity index (χ4n) is 3.03. The molecular weight excluding hydrogens is 431 g/mol. The van der Waals surface area contributed by atoms with Crippen molar-refractivity contribution in [2.24, 2.45) is 0 Å². The Kier molecular flexibility index (Phi) is 6.31. The molecule has 0 atom stereocenters. The van der Waals surface area contributed by atoms with Gasteiger partial charge in [-0.05, 0) is 59.7 Å². The van der Waals surface area contributed by atoms with Gasteiger partial charge in [-0.3, -0.25) is 4.40 Å². The van der Waals surface area contributed by atoms with Crippen molar-refractivity contribution in [2.45, 2.75) is 52.7 Å². The SMILES string of the molecule is COc1ccc(-c2ccnc(N(C(=O)OC(C)(C)C)C(=O)OC(C)(C)C)c2F)c2nccn12. The molecule has 3 rings (SSSR count). The maximum Gasteiger partial charge on any atom is 0.425 e. The second kappa shape index (κ2) is 8.68. The number of ether oxygens (including phenoxy) is 3. The molecule has 0 aliphatic rings. The van der Waals surface area contributed by atoms with Gasteiger partial charge in [0.15, 0.2) is 17.5 Å². The van der Waals surface area contributed by atoms with Crippen LogP contribution >= 0.6 is 0 Å². The molecule has 3 aromatic heterocycles. The number of pyridine rings is 2. The number of anilines is 1. The van der Waals surface area contributed by atoms with Gasteiger partial charge in [0.2, 0.25) is 0 Å². The summed E-state index contributed by atoms with van der Waals surface area (Å²) in [7, 11) is 1.51. The summed E-state index contributed by atoms with van der Waals surface area (Å²) in [5.41, 5.74) is -0.968. The first-order chi connectivity index (χ1) is 15.3. The summed E-state index contributed by atoms with van der Waals surface area (Å²) in [4.78, 5) is 34.5. The molecule has 0 spiro atoms. The molecule has 0 radical (unpaired) electrons. The van der Waals surface area contributed by atoms with Gasteiger partial charge in [-0.25, -0.2) is 23.9 Å². The van der Waals surface area contributed by atoms with Crippen molar-refractivity contribution < 1.29 is 28.2 Å². The highest BCUT2D eigenvalue weighted by molar-refractivity contribution is 6.09. The van der Waals surface area contributed by atoms with E-state index in [1.54, 1.807) is 70.5 Å². The topological polar surface area (TPSA) is 95.3 Å². The van der Waals surface area contributed by atoms with Crippen LogP contribution in [0.2, 0.25) is 0 Å². The summed E-state index contributed by atoms with van der Waals surface area (Å²) in [5.74, 6) is -0.953. The molecule has 33 heavy (non-hydrogen) atoms. The standard InChI is InChI=1S/C23H27FN4O5/c1-22(2,3)32-20(29)28(21(30)33-23(4,5)6)19-17(24)14(10-11-25-19)15-8-9-16(31-7)27-13-12-26-18(15)27/h8-13H,1-7H3. The number of methoxy groups -OCH3 is 1. The van der Waals surface area contributed by atoms with Crippen LogP contribution in [-0.4, -0.2) is 44.9 Å². The van der Waals surface area contributed by atoms with Crippen LogP contribution in [-0.2, 0) is 9.47 Å². The quantitative estimate of drug-likeness (QED) is 0.531.